The van der Waals surface area contributed by atoms with E-state index in [4.69, 9.17) is 5.73 Å². The highest BCUT2D eigenvalue weighted by Crippen LogP contribution is 2.09. The first-order valence-corrected chi connectivity index (χ1v) is 4.89. The van der Waals surface area contributed by atoms with E-state index in [-0.39, 0.29) is 0 Å². The number of nitrogens with two attached hydrogens (primary N) is 1. The summed E-state index contributed by atoms with van der Waals surface area (Å²) in [6.07, 6.45) is 3.76. The molecule has 2 N–H and O–H groups in total. The van der Waals surface area contributed by atoms with Crippen LogP contribution in [0.5, 0.6) is 0 Å². The molecule has 2 aromatic heterocycles. The summed E-state index contributed by atoms with van der Waals surface area (Å²) in [5.41, 5.74) is 8.74. The van der Waals surface area contributed by atoms with Gasteiger partial charge in [0.05, 0.1) is 6.20 Å². The Kier molecular flexibility index (Phi) is 2.51. The first-order valence-electron chi connectivity index (χ1n) is 4.89. The van der Waals surface area contributed by atoms with E-state index in [9.17, 15) is 0 Å². The Balaban J connectivity index is 2.42. The van der Waals surface area contributed by atoms with Crippen molar-refractivity contribution >= 4 is 0 Å². The highest BCUT2D eigenvalue weighted by molar-refractivity contribution is 5.30. The van der Waals surface area contributed by atoms with Crippen molar-refractivity contribution in [2.45, 2.75) is 20.4 Å². The van der Waals surface area contributed by atoms with Crippen molar-refractivity contribution in [2.24, 2.45) is 5.73 Å². The molecule has 0 spiro atoms. The van der Waals surface area contributed by atoms with Crippen LogP contribution in [0.4, 0.5) is 0 Å². The average Bonchev–Trinajstić information content (AvgIpc) is 2.65. The van der Waals surface area contributed by atoms with E-state index in [1.54, 1.807) is 4.68 Å². The molecule has 2 rings (SSSR count). The van der Waals surface area contributed by atoms with Gasteiger partial charge in [0.2, 0.25) is 0 Å². The molecule has 15 heavy (non-hydrogen) atoms. The second kappa shape index (κ2) is 3.82. The van der Waals surface area contributed by atoms with Gasteiger partial charge >= 0.3 is 0 Å². The smallest absolute Gasteiger partial charge is 0.153 e. The summed E-state index contributed by atoms with van der Waals surface area (Å²) < 4.78 is 1.77. The van der Waals surface area contributed by atoms with Gasteiger partial charge in [-0.2, -0.15) is 5.10 Å². The monoisotopic (exact) mass is 202 g/mol. The highest BCUT2D eigenvalue weighted by Gasteiger charge is 2.02. The van der Waals surface area contributed by atoms with Crippen molar-refractivity contribution in [2.75, 3.05) is 0 Å². The van der Waals surface area contributed by atoms with Gasteiger partial charge < -0.3 is 5.73 Å². The molecule has 0 saturated carbocycles. The van der Waals surface area contributed by atoms with Crippen LogP contribution in [-0.4, -0.2) is 14.8 Å². The molecule has 0 radical (unpaired) electrons. The molecule has 0 unspecified atom stereocenters. The number of rotatable bonds is 2. The van der Waals surface area contributed by atoms with E-state index >= 15 is 0 Å². The van der Waals surface area contributed by atoms with Gasteiger partial charge in [-0.05, 0) is 31.0 Å². The molecule has 0 saturated heterocycles. The number of nitrogens with zero attached hydrogens (tertiary/aromatic N) is 3. The number of aryl methyl sites for hydroxylation is 2. The van der Waals surface area contributed by atoms with E-state index in [2.05, 4.69) is 10.1 Å². The Bertz CT molecular complexity index is 473. The Hall–Kier alpha value is -1.68. The van der Waals surface area contributed by atoms with Gasteiger partial charge in [0.1, 0.15) is 0 Å². The van der Waals surface area contributed by atoms with Crippen molar-refractivity contribution in [3.05, 3.63) is 41.3 Å². The van der Waals surface area contributed by atoms with Gasteiger partial charge in [-0.25, -0.2) is 9.67 Å². The molecule has 0 aromatic carbocycles. The fourth-order valence-electron chi connectivity index (χ4n) is 1.46. The quantitative estimate of drug-likeness (QED) is 0.799. The van der Waals surface area contributed by atoms with Gasteiger partial charge in [0.15, 0.2) is 5.82 Å². The lowest BCUT2D eigenvalue weighted by atomic mass is 10.2. The van der Waals surface area contributed by atoms with Gasteiger partial charge in [0.25, 0.3) is 0 Å². The van der Waals surface area contributed by atoms with Crippen molar-refractivity contribution in [3.63, 3.8) is 0 Å². The van der Waals surface area contributed by atoms with Crippen LogP contribution in [0.1, 0.15) is 16.8 Å². The predicted octanol–water partition coefficient (Wildman–Crippen LogP) is 1.34. The Morgan fingerprint density at radius 1 is 1.33 bits per heavy atom. The third-order valence-corrected chi connectivity index (χ3v) is 2.35. The minimum absolute atomic E-state index is 0.525. The largest absolute Gasteiger partial charge is 0.326 e. The number of hydrogen-bond donors (Lipinski definition) is 1. The number of pyridine rings is 1. The lowest BCUT2D eigenvalue weighted by Crippen LogP contribution is -2.04. The maximum atomic E-state index is 5.58. The van der Waals surface area contributed by atoms with Crippen LogP contribution >= 0.6 is 0 Å². The molecule has 0 atom stereocenters. The summed E-state index contributed by atoms with van der Waals surface area (Å²) >= 11 is 0. The summed E-state index contributed by atoms with van der Waals surface area (Å²) in [6, 6.07) is 3.93. The molecule has 0 aliphatic heterocycles. The Labute approximate surface area is 88.8 Å². The van der Waals surface area contributed by atoms with Gasteiger partial charge in [-0.3, -0.25) is 0 Å². The Morgan fingerprint density at radius 2 is 2.13 bits per heavy atom. The van der Waals surface area contributed by atoms with Crippen LogP contribution in [0.3, 0.4) is 0 Å². The van der Waals surface area contributed by atoms with Crippen LogP contribution in [-0.2, 0) is 6.54 Å². The Morgan fingerprint density at radius 3 is 2.67 bits per heavy atom. The maximum absolute atomic E-state index is 5.58. The zero-order valence-electron chi connectivity index (χ0n) is 8.94. The molecule has 0 amide bonds. The van der Waals surface area contributed by atoms with Gasteiger partial charge in [0, 0.05) is 18.4 Å². The molecule has 4 heteroatoms. The van der Waals surface area contributed by atoms with Crippen LogP contribution in [0.15, 0.2) is 24.5 Å². The van der Waals surface area contributed by atoms with Crippen LogP contribution in [0.25, 0.3) is 5.82 Å². The zero-order valence-corrected chi connectivity index (χ0v) is 8.94. The molecule has 4 nitrogen and oxygen atoms in total. The van der Waals surface area contributed by atoms with E-state index in [1.807, 2.05) is 38.4 Å². The van der Waals surface area contributed by atoms with Crippen molar-refractivity contribution in [3.8, 4) is 5.82 Å². The topological polar surface area (TPSA) is 56.7 Å². The second-order valence-corrected chi connectivity index (χ2v) is 3.58. The molecule has 0 bridgehead atoms. The third kappa shape index (κ3) is 1.89. The molecule has 0 aliphatic rings. The summed E-state index contributed by atoms with van der Waals surface area (Å²) in [4.78, 5) is 4.45. The van der Waals surface area contributed by atoms with Crippen LogP contribution in [0, 0.1) is 13.8 Å². The average molecular weight is 202 g/mol. The minimum atomic E-state index is 0.525. The first kappa shape index (κ1) is 9.86. The van der Waals surface area contributed by atoms with Gasteiger partial charge in [-0.1, -0.05) is 6.07 Å². The number of aromatic nitrogens is 3. The zero-order chi connectivity index (χ0) is 10.8. The summed E-state index contributed by atoms with van der Waals surface area (Å²) in [5.74, 6) is 0.831. The normalized spacial score (nSPS) is 10.6. The fraction of sp³-hybridized carbons (Fsp3) is 0.273. The van der Waals surface area contributed by atoms with E-state index in [0.717, 1.165) is 22.6 Å². The van der Waals surface area contributed by atoms with Crippen molar-refractivity contribution < 1.29 is 0 Å². The SMILES string of the molecule is Cc1cnn(-c2ccc(CN)c(C)n2)c1. The lowest BCUT2D eigenvalue weighted by Gasteiger charge is -2.05. The summed E-state index contributed by atoms with van der Waals surface area (Å²) in [5, 5.41) is 4.21. The number of hydrogen-bond acceptors (Lipinski definition) is 3. The van der Waals surface area contributed by atoms with Crippen molar-refractivity contribution in [1.29, 1.82) is 0 Å². The maximum Gasteiger partial charge on any atom is 0.153 e. The van der Waals surface area contributed by atoms with Crippen LogP contribution in [0.2, 0.25) is 0 Å². The van der Waals surface area contributed by atoms with Crippen molar-refractivity contribution in [1.82, 2.24) is 14.8 Å². The molecule has 2 aromatic rings. The fourth-order valence-corrected chi connectivity index (χ4v) is 1.46. The molecule has 2 heterocycles. The van der Waals surface area contributed by atoms with Gasteiger partial charge in [-0.15, -0.1) is 0 Å². The summed E-state index contributed by atoms with van der Waals surface area (Å²) in [6.45, 7) is 4.49. The summed E-state index contributed by atoms with van der Waals surface area (Å²) in [7, 11) is 0. The standard InChI is InChI=1S/C11H14N4/c1-8-6-13-15(7-8)11-4-3-10(5-12)9(2)14-11/h3-4,6-7H,5,12H2,1-2H3. The molecule has 0 fully saturated rings. The van der Waals surface area contributed by atoms with E-state index < -0.39 is 0 Å². The molecular weight excluding hydrogens is 188 g/mol. The molecule has 0 aliphatic carbocycles. The molecule has 78 valence electrons. The van der Waals surface area contributed by atoms with E-state index in [0.29, 0.717) is 6.54 Å². The molecular formula is C11H14N4. The predicted molar refractivity (Wildman–Crippen MR) is 58.7 cm³/mol. The minimum Gasteiger partial charge on any atom is -0.326 e. The van der Waals surface area contributed by atoms with Crippen LogP contribution < -0.4 is 5.73 Å². The lowest BCUT2D eigenvalue weighted by molar-refractivity contribution is 0.833. The first-order chi connectivity index (χ1) is 7.20. The third-order valence-electron chi connectivity index (χ3n) is 2.35. The van der Waals surface area contributed by atoms with E-state index in [1.165, 1.54) is 0 Å². The highest BCUT2D eigenvalue weighted by atomic mass is 15.3. The second-order valence-electron chi connectivity index (χ2n) is 3.58.